The van der Waals surface area contributed by atoms with Crippen molar-refractivity contribution in [2.75, 3.05) is 23.7 Å². The third-order valence-electron chi connectivity index (χ3n) is 4.86. The lowest BCUT2D eigenvalue weighted by Crippen LogP contribution is -2.42. The third kappa shape index (κ3) is 2.60. The fourth-order valence-corrected chi connectivity index (χ4v) is 5.50. The minimum Gasteiger partial charge on any atom is -0.399 e. The van der Waals surface area contributed by atoms with Gasteiger partial charge in [0.1, 0.15) is 4.90 Å². The van der Waals surface area contributed by atoms with Crippen LogP contribution in [0.2, 0.25) is 0 Å². The Hall–Kier alpha value is -2.38. The van der Waals surface area contributed by atoms with Crippen LogP contribution in [-0.4, -0.2) is 37.8 Å². The van der Waals surface area contributed by atoms with E-state index in [0.717, 1.165) is 12.8 Å². The Kier molecular flexibility index (Phi) is 3.77. The van der Waals surface area contributed by atoms with Gasteiger partial charge in [0.2, 0.25) is 10.0 Å². The first-order chi connectivity index (χ1) is 12.0. The monoisotopic (exact) mass is 357 g/mol. The standard InChI is InChI=1S/C18H19N3O3S/c19-14-9-7-13(8-10-14)18(22)20-12-15-4-3-11-21(15)25(23,24)17-6-2-1-5-16(17)20/h1-2,5-10,15H,3-4,11-12,19H2/t15-/m0/s1. The van der Waals surface area contributed by atoms with Gasteiger partial charge in [-0.1, -0.05) is 12.1 Å². The second kappa shape index (κ2) is 5.86. The Morgan fingerprint density at radius 2 is 1.80 bits per heavy atom. The van der Waals surface area contributed by atoms with E-state index in [-0.39, 0.29) is 16.8 Å². The molecule has 6 nitrogen and oxygen atoms in total. The molecule has 0 saturated carbocycles. The van der Waals surface area contributed by atoms with E-state index in [9.17, 15) is 13.2 Å². The highest BCUT2D eigenvalue weighted by Gasteiger charge is 2.42. The van der Waals surface area contributed by atoms with Crippen molar-refractivity contribution in [1.82, 2.24) is 4.31 Å². The lowest BCUT2D eigenvalue weighted by atomic mass is 10.1. The second-order valence-electron chi connectivity index (χ2n) is 6.42. The third-order valence-corrected chi connectivity index (χ3v) is 6.86. The summed E-state index contributed by atoms with van der Waals surface area (Å²) in [7, 11) is -3.59. The van der Waals surface area contributed by atoms with Crippen LogP contribution in [0.3, 0.4) is 0 Å². The maximum atomic E-state index is 13.1. The number of amides is 1. The molecular weight excluding hydrogens is 338 g/mol. The summed E-state index contributed by atoms with van der Waals surface area (Å²) in [5.74, 6) is -0.212. The molecule has 0 unspecified atom stereocenters. The minimum atomic E-state index is -3.59. The number of hydrogen-bond acceptors (Lipinski definition) is 4. The number of fused-ring (bicyclic) bond motifs is 2. The van der Waals surface area contributed by atoms with Gasteiger partial charge in [-0.15, -0.1) is 0 Å². The van der Waals surface area contributed by atoms with Crippen molar-refractivity contribution in [3.63, 3.8) is 0 Å². The molecule has 2 heterocycles. The second-order valence-corrected chi connectivity index (χ2v) is 8.28. The zero-order valence-electron chi connectivity index (χ0n) is 13.6. The van der Waals surface area contributed by atoms with Crippen LogP contribution in [0.25, 0.3) is 0 Å². The highest BCUT2D eigenvalue weighted by atomic mass is 32.2. The molecule has 0 radical (unpaired) electrons. The van der Waals surface area contributed by atoms with Gasteiger partial charge in [0.15, 0.2) is 0 Å². The lowest BCUT2D eigenvalue weighted by Gasteiger charge is -2.25. The summed E-state index contributed by atoms with van der Waals surface area (Å²) in [6.45, 7) is 0.866. The van der Waals surface area contributed by atoms with E-state index in [2.05, 4.69) is 0 Å². The van der Waals surface area contributed by atoms with Crippen molar-refractivity contribution in [2.24, 2.45) is 0 Å². The summed E-state index contributed by atoms with van der Waals surface area (Å²) in [6, 6.07) is 13.2. The van der Waals surface area contributed by atoms with Gasteiger partial charge in [0.25, 0.3) is 5.91 Å². The van der Waals surface area contributed by atoms with Crippen LogP contribution in [0.5, 0.6) is 0 Å². The summed E-state index contributed by atoms with van der Waals surface area (Å²) in [5, 5.41) is 0. The first kappa shape index (κ1) is 16.1. The molecule has 7 heteroatoms. The van der Waals surface area contributed by atoms with E-state index < -0.39 is 10.0 Å². The number of nitrogen functional groups attached to an aromatic ring is 1. The van der Waals surface area contributed by atoms with E-state index in [1.54, 1.807) is 57.7 Å². The predicted molar refractivity (Wildman–Crippen MR) is 95.9 cm³/mol. The van der Waals surface area contributed by atoms with Crippen LogP contribution < -0.4 is 10.6 Å². The van der Waals surface area contributed by atoms with Crippen LogP contribution in [0.15, 0.2) is 53.4 Å². The molecule has 2 aliphatic rings. The van der Waals surface area contributed by atoms with E-state index in [4.69, 9.17) is 5.73 Å². The van der Waals surface area contributed by atoms with Crippen LogP contribution in [0.4, 0.5) is 11.4 Å². The molecule has 1 fully saturated rings. The molecule has 2 aliphatic heterocycles. The molecule has 130 valence electrons. The van der Waals surface area contributed by atoms with Gasteiger partial charge in [0.05, 0.1) is 5.69 Å². The maximum absolute atomic E-state index is 13.1. The van der Waals surface area contributed by atoms with Gasteiger partial charge in [-0.05, 0) is 49.2 Å². The summed E-state index contributed by atoms with van der Waals surface area (Å²) < 4.78 is 27.6. The smallest absolute Gasteiger partial charge is 0.258 e. The van der Waals surface area contributed by atoms with Gasteiger partial charge in [-0.2, -0.15) is 4.31 Å². The SMILES string of the molecule is Nc1ccc(C(=O)N2C[C@@H]3CCCN3S(=O)(=O)c3ccccc32)cc1. The number of hydrogen-bond donors (Lipinski definition) is 1. The van der Waals surface area contributed by atoms with Crippen molar-refractivity contribution in [1.29, 1.82) is 0 Å². The minimum absolute atomic E-state index is 0.185. The number of anilines is 2. The number of benzene rings is 2. The number of nitrogens with two attached hydrogens (primary N) is 1. The van der Waals surface area contributed by atoms with Crippen molar-refractivity contribution >= 4 is 27.3 Å². The number of sulfonamides is 1. The van der Waals surface area contributed by atoms with Gasteiger partial charge >= 0.3 is 0 Å². The predicted octanol–water partition coefficient (Wildman–Crippen LogP) is 2.08. The fraction of sp³-hybridized carbons (Fsp3) is 0.278. The molecule has 2 aromatic rings. The van der Waals surface area contributed by atoms with Gasteiger partial charge in [-0.25, -0.2) is 8.42 Å². The van der Waals surface area contributed by atoms with Crippen LogP contribution in [-0.2, 0) is 10.0 Å². The van der Waals surface area contributed by atoms with Crippen LogP contribution in [0.1, 0.15) is 23.2 Å². The molecule has 25 heavy (non-hydrogen) atoms. The Morgan fingerprint density at radius 1 is 1.08 bits per heavy atom. The fourth-order valence-electron chi connectivity index (χ4n) is 3.62. The molecule has 4 rings (SSSR count). The molecule has 0 spiro atoms. The molecule has 0 aromatic heterocycles. The van der Waals surface area contributed by atoms with E-state index in [1.165, 1.54) is 0 Å². The Balaban J connectivity index is 1.84. The van der Waals surface area contributed by atoms with Gasteiger partial charge < -0.3 is 10.6 Å². The van der Waals surface area contributed by atoms with Crippen molar-refractivity contribution in [3.05, 3.63) is 54.1 Å². The normalized spacial score (nSPS) is 22.1. The van der Waals surface area contributed by atoms with Gasteiger partial charge in [0, 0.05) is 30.4 Å². The highest BCUT2D eigenvalue weighted by molar-refractivity contribution is 7.89. The average Bonchev–Trinajstić information content (AvgIpc) is 3.06. The summed E-state index contributed by atoms with van der Waals surface area (Å²) in [5.41, 5.74) is 7.22. The van der Waals surface area contributed by atoms with Crippen LogP contribution in [0, 0.1) is 0 Å². The zero-order valence-corrected chi connectivity index (χ0v) is 14.4. The molecule has 2 aromatic carbocycles. The maximum Gasteiger partial charge on any atom is 0.258 e. The number of carbonyl (C=O) groups excluding carboxylic acids is 1. The summed E-state index contributed by atoms with van der Waals surface area (Å²) in [6.07, 6.45) is 1.58. The molecule has 1 atom stereocenters. The Labute approximate surface area is 146 Å². The Morgan fingerprint density at radius 3 is 2.56 bits per heavy atom. The summed E-state index contributed by atoms with van der Waals surface area (Å²) in [4.78, 5) is 14.9. The zero-order chi connectivity index (χ0) is 17.6. The van der Waals surface area contributed by atoms with Crippen molar-refractivity contribution in [3.8, 4) is 0 Å². The number of para-hydroxylation sites is 1. The molecular formula is C18H19N3O3S. The van der Waals surface area contributed by atoms with Crippen molar-refractivity contribution < 1.29 is 13.2 Å². The average molecular weight is 357 g/mol. The lowest BCUT2D eigenvalue weighted by molar-refractivity contribution is 0.0982. The molecule has 0 aliphatic carbocycles. The highest BCUT2D eigenvalue weighted by Crippen LogP contribution is 2.37. The quantitative estimate of drug-likeness (QED) is 0.792. The van der Waals surface area contributed by atoms with E-state index in [0.29, 0.717) is 30.0 Å². The largest absolute Gasteiger partial charge is 0.399 e. The molecule has 2 N–H and O–H groups in total. The molecule has 1 saturated heterocycles. The Bertz CT molecular complexity index is 925. The first-order valence-electron chi connectivity index (χ1n) is 8.27. The van der Waals surface area contributed by atoms with E-state index >= 15 is 0 Å². The molecule has 0 bridgehead atoms. The van der Waals surface area contributed by atoms with E-state index in [1.807, 2.05) is 0 Å². The number of nitrogens with zero attached hydrogens (tertiary/aromatic N) is 2. The topological polar surface area (TPSA) is 83.7 Å². The molecule has 1 amide bonds. The number of carbonyl (C=O) groups is 1. The van der Waals surface area contributed by atoms with Gasteiger partial charge in [-0.3, -0.25) is 4.79 Å². The number of rotatable bonds is 1. The summed E-state index contributed by atoms with van der Waals surface area (Å²) >= 11 is 0. The van der Waals surface area contributed by atoms with Crippen molar-refractivity contribution in [2.45, 2.75) is 23.8 Å². The van der Waals surface area contributed by atoms with Crippen LogP contribution >= 0.6 is 0 Å². The first-order valence-corrected chi connectivity index (χ1v) is 9.71.